The largest absolute Gasteiger partial charge is 0.416 e. The van der Waals surface area contributed by atoms with Crippen molar-refractivity contribution < 1.29 is 31.1 Å². The molecule has 0 radical (unpaired) electrons. The van der Waals surface area contributed by atoms with Crippen molar-refractivity contribution in [2.45, 2.75) is 59.4 Å². The van der Waals surface area contributed by atoms with E-state index in [0.717, 1.165) is 4.90 Å². The van der Waals surface area contributed by atoms with Gasteiger partial charge in [-0.2, -0.15) is 26.3 Å². The average molecular weight is 457 g/mol. The maximum absolute atomic E-state index is 13.6. The molecule has 0 saturated heterocycles. The highest BCUT2D eigenvalue weighted by atomic mass is 19.4. The fraction of sp³-hybridized carbons (Fsp3) is 0.458. The number of fused-ring (bicyclic) bond motifs is 1. The summed E-state index contributed by atoms with van der Waals surface area (Å²) < 4.78 is 81.4. The first-order chi connectivity index (χ1) is 14.3. The van der Waals surface area contributed by atoms with Crippen molar-refractivity contribution in [2.75, 3.05) is 4.90 Å². The minimum Gasteiger partial charge on any atom is -0.297 e. The van der Waals surface area contributed by atoms with Crippen molar-refractivity contribution in [3.05, 3.63) is 64.7 Å². The molecule has 2 aromatic carbocycles. The third-order valence-corrected chi connectivity index (χ3v) is 6.09. The summed E-state index contributed by atoms with van der Waals surface area (Å²) in [5.74, 6) is -0.627. The van der Waals surface area contributed by atoms with Gasteiger partial charge in [0.2, 0.25) is 0 Å². The maximum atomic E-state index is 13.6. The van der Waals surface area contributed by atoms with E-state index in [9.17, 15) is 31.1 Å². The zero-order valence-electron chi connectivity index (χ0n) is 18.7. The number of anilines is 1. The van der Waals surface area contributed by atoms with E-state index in [2.05, 4.69) is 0 Å². The molecule has 2 nitrogen and oxygen atoms in total. The first kappa shape index (κ1) is 24.1. The highest BCUT2D eigenvalue weighted by Gasteiger charge is 2.62. The van der Waals surface area contributed by atoms with Gasteiger partial charge in [0.1, 0.15) is 0 Å². The predicted molar refractivity (Wildman–Crippen MR) is 110 cm³/mol. The van der Waals surface area contributed by atoms with E-state index in [4.69, 9.17) is 0 Å². The summed E-state index contributed by atoms with van der Waals surface area (Å²) in [6.07, 6.45) is -10.0. The average Bonchev–Trinajstić information content (AvgIpc) is 2.90. The third-order valence-electron chi connectivity index (χ3n) is 6.09. The lowest BCUT2D eigenvalue weighted by Gasteiger charge is -2.56. The van der Waals surface area contributed by atoms with E-state index in [1.54, 1.807) is 24.3 Å². The van der Waals surface area contributed by atoms with Crippen LogP contribution in [-0.2, 0) is 17.9 Å². The molecule has 1 heterocycles. The standard InChI is InChI=1S/C24H25F6NO/c1-20(2,3)22(21(4,5)6)18-10-8-7-9-17(18)19(32)31(22)16-12-14(23(25,26)27)11-15(13-16)24(28,29)30/h7-13H,1-6H3. The second kappa shape index (κ2) is 6.99. The van der Waals surface area contributed by atoms with Gasteiger partial charge in [-0.25, -0.2) is 0 Å². The van der Waals surface area contributed by atoms with Crippen LogP contribution in [0, 0.1) is 10.8 Å². The zero-order chi connectivity index (χ0) is 24.5. The molecule has 174 valence electrons. The van der Waals surface area contributed by atoms with Gasteiger partial charge in [-0.3, -0.25) is 9.69 Å². The summed E-state index contributed by atoms with van der Waals surface area (Å²) >= 11 is 0. The topological polar surface area (TPSA) is 20.3 Å². The molecule has 3 rings (SSSR count). The first-order valence-corrected chi connectivity index (χ1v) is 10.1. The minimum absolute atomic E-state index is 0.0764. The first-order valence-electron chi connectivity index (χ1n) is 10.1. The Balaban J connectivity index is 2.47. The molecule has 1 amide bonds. The van der Waals surface area contributed by atoms with Crippen LogP contribution in [0.5, 0.6) is 0 Å². The predicted octanol–water partition coefficient (Wildman–Crippen LogP) is 7.67. The molecular formula is C24H25F6NO. The lowest BCUT2D eigenvalue weighted by Crippen LogP contribution is -2.60. The van der Waals surface area contributed by atoms with Gasteiger partial charge >= 0.3 is 12.4 Å². The highest BCUT2D eigenvalue weighted by Crippen LogP contribution is 2.61. The Labute approximate surface area is 183 Å². The van der Waals surface area contributed by atoms with Gasteiger partial charge in [0.25, 0.3) is 5.91 Å². The molecule has 0 aliphatic carbocycles. The molecule has 0 bridgehead atoms. The summed E-state index contributed by atoms with van der Waals surface area (Å²) in [6, 6.07) is 7.96. The molecular weight excluding hydrogens is 432 g/mol. The fourth-order valence-corrected chi connectivity index (χ4v) is 5.36. The molecule has 0 atom stereocenters. The summed E-state index contributed by atoms with van der Waals surface area (Å²) in [5, 5.41) is 0. The van der Waals surface area contributed by atoms with E-state index >= 15 is 0 Å². The summed E-state index contributed by atoms with van der Waals surface area (Å²) in [7, 11) is 0. The van der Waals surface area contributed by atoms with Crippen LogP contribution in [0.25, 0.3) is 0 Å². The molecule has 0 aromatic heterocycles. The summed E-state index contributed by atoms with van der Waals surface area (Å²) in [5.41, 5.74) is -5.22. The number of hydrogen-bond acceptors (Lipinski definition) is 1. The van der Waals surface area contributed by atoms with Crippen LogP contribution in [0.1, 0.15) is 68.6 Å². The second-order valence-electron chi connectivity index (χ2n) is 10.2. The Hall–Kier alpha value is -2.51. The smallest absolute Gasteiger partial charge is 0.297 e. The highest BCUT2D eigenvalue weighted by molar-refractivity contribution is 6.12. The van der Waals surface area contributed by atoms with Crippen molar-refractivity contribution in [3.8, 4) is 0 Å². The molecule has 32 heavy (non-hydrogen) atoms. The Morgan fingerprint density at radius 2 is 1.16 bits per heavy atom. The summed E-state index contributed by atoms with van der Waals surface area (Å²) in [6.45, 7) is 11.0. The van der Waals surface area contributed by atoms with Gasteiger partial charge in [0.05, 0.1) is 16.7 Å². The SMILES string of the molecule is CC(C)(C)C1(C(C)(C)C)c2ccccc2C(=O)N1c1cc(C(F)(F)F)cc(C(F)(F)F)c1. The summed E-state index contributed by atoms with van der Waals surface area (Å²) in [4.78, 5) is 14.7. The lowest BCUT2D eigenvalue weighted by atomic mass is 9.57. The maximum Gasteiger partial charge on any atom is 0.416 e. The van der Waals surface area contributed by atoms with Gasteiger partial charge in [-0.1, -0.05) is 59.7 Å². The molecule has 1 aliphatic heterocycles. The van der Waals surface area contributed by atoms with Crippen LogP contribution in [-0.4, -0.2) is 5.91 Å². The number of carbonyl (C=O) groups is 1. The molecule has 1 aliphatic rings. The van der Waals surface area contributed by atoms with Gasteiger partial charge < -0.3 is 0 Å². The number of amides is 1. The fourth-order valence-electron chi connectivity index (χ4n) is 5.36. The van der Waals surface area contributed by atoms with Crippen LogP contribution in [0.4, 0.5) is 32.0 Å². The number of rotatable bonds is 1. The van der Waals surface area contributed by atoms with Gasteiger partial charge in [-0.05, 0) is 40.7 Å². The van der Waals surface area contributed by atoms with Crippen LogP contribution < -0.4 is 4.90 Å². The van der Waals surface area contributed by atoms with E-state index in [1.807, 2.05) is 41.5 Å². The number of halogens is 6. The van der Waals surface area contributed by atoms with Crippen molar-refractivity contribution >= 4 is 11.6 Å². The van der Waals surface area contributed by atoms with Crippen LogP contribution >= 0.6 is 0 Å². The zero-order valence-corrected chi connectivity index (χ0v) is 18.7. The molecule has 8 heteroatoms. The van der Waals surface area contributed by atoms with E-state index in [-0.39, 0.29) is 11.6 Å². The number of carbonyl (C=O) groups excluding carboxylic acids is 1. The van der Waals surface area contributed by atoms with E-state index < -0.39 is 51.4 Å². The molecule has 0 saturated carbocycles. The molecule has 0 unspecified atom stereocenters. The van der Waals surface area contributed by atoms with Crippen LogP contribution in [0.3, 0.4) is 0 Å². The molecule has 0 spiro atoms. The van der Waals surface area contributed by atoms with Crippen molar-refractivity contribution in [1.82, 2.24) is 0 Å². The van der Waals surface area contributed by atoms with Crippen molar-refractivity contribution in [1.29, 1.82) is 0 Å². The quantitative estimate of drug-likeness (QED) is 0.402. The number of benzene rings is 2. The van der Waals surface area contributed by atoms with Gasteiger partial charge in [0.15, 0.2) is 0 Å². The Morgan fingerprint density at radius 3 is 1.56 bits per heavy atom. The monoisotopic (exact) mass is 457 g/mol. The van der Waals surface area contributed by atoms with Gasteiger partial charge in [0, 0.05) is 11.3 Å². The van der Waals surface area contributed by atoms with Crippen molar-refractivity contribution in [3.63, 3.8) is 0 Å². The van der Waals surface area contributed by atoms with Crippen molar-refractivity contribution in [2.24, 2.45) is 10.8 Å². The normalized spacial score (nSPS) is 17.0. The van der Waals surface area contributed by atoms with Crippen LogP contribution in [0.2, 0.25) is 0 Å². The Bertz CT molecular complexity index is 1010. The molecule has 0 fully saturated rings. The Morgan fingerprint density at radius 1 is 0.719 bits per heavy atom. The lowest BCUT2D eigenvalue weighted by molar-refractivity contribution is -0.143. The Kier molecular flexibility index (Phi) is 5.27. The second-order valence-corrected chi connectivity index (χ2v) is 10.2. The molecule has 0 N–H and O–H groups in total. The van der Waals surface area contributed by atoms with Gasteiger partial charge in [-0.15, -0.1) is 0 Å². The molecule has 2 aromatic rings. The van der Waals surface area contributed by atoms with E-state index in [1.165, 1.54) is 0 Å². The van der Waals surface area contributed by atoms with E-state index in [0.29, 0.717) is 17.7 Å². The number of nitrogens with zero attached hydrogens (tertiary/aromatic N) is 1. The number of hydrogen-bond donors (Lipinski definition) is 0. The third kappa shape index (κ3) is 3.48. The minimum atomic E-state index is -5.02. The van der Waals surface area contributed by atoms with Crippen LogP contribution in [0.15, 0.2) is 42.5 Å². The number of alkyl halides is 6.